The summed E-state index contributed by atoms with van der Waals surface area (Å²) in [5.74, 6) is -1.15. The number of nitro benzene ring substituents is 1. The molecule has 6 heteroatoms. The zero-order valence-electron chi connectivity index (χ0n) is 8.58. The van der Waals surface area contributed by atoms with Crippen LogP contribution >= 0.6 is 0 Å². The first kappa shape index (κ1) is 12.1. The lowest BCUT2D eigenvalue weighted by atomic mass is 10.0. The van der Waals surface area contributed by atoms with E-state index in [0.717, 1.165) is 0 Å². The lowest BCUT2D eigenvalue weighted by molar-refractivity contribution is -0.385. The number of carbonyl (C=O) groups is 1. The SMILES string of the molecule is Cc1ccc([N+](=O)[O-])cc1[C@H](O)CC(=O)O. The second-order valence-corrected chi connectivity index (χ2v) is 3.41. The fraction of sp³-hybridized carbons (Fsp3) is 0.300. The van der Waals surface area contributed by atoms with Gasteiger partial charge in [-0.25, -0.2) is 0 Å². The quantitative estimate of drug-likeness (QED) is 0.596. The molecule has 1 aromatic carbocycles. The molecule has 0 aliphatic carbocycles. The van der Waals surface area contributed by atoms with Crippen LogP contribution in [0.2, 0.25) is 0 Å². The number of rotatable bonds is 4. The summed E-state index contributed by atoms with van der Waals surface area (Å²) in [5.41, 5.74) is 0.737. The van der Waals surface area contributed by atoms with Crippen molar-refractivity contribution in [3.63, 3.8) is 0 Å². The zero-order valence-corrected chi connectivity index (χ0v) is 8.58. The molecule has 0 heterocycles. The summed E-state index contributed by atoms with van der Waals surface area (Å²) in [5, 5.41) is 28.6. The standard InChI is InChI=1S/C10H11NO5/c1-6-2-3-7(11(15)16)4-8(6)9(12)5-10(13)14/h2-4,9,12H,5H2,1H3,(H,13,14)/t9-/m1/s1. The number of hydrogen-bond donors (Lipinski definition) is 2. The monoisotopic (exact) mass is 225 g/mol. The Balaban J connectivity index is 3.06. The highest BCUT2D eigenvalue weighted by Crippen LogP contribution is 2.25. The fourth-order valence-corrected chi connectivity index (χ4v) is 1.38. The van der Waals surface area contributed by atoms with E-state index < -0.39 is 23.4 Å². The van der Waals surface area contributed by atoms with Crippen LogP contribution in [0.25, 0.3) is 0 Å². The molecule has 0 unspecified atom stereocenters. The molecule has 0 aromatic heterocycles. The van der Waals surface area contributed by atoms with E-state index in [2.05, 4.69) is 0 Å². The molecule has 1 rings (SSSR count). The van der Waals surface area contributed by atoms with Crippen molar-refractivity contribution in [1.82, 2.24) is 0 Å². The number of carboxylic acid groups (broad SMARTS) is 1. The van der Waals surface area contributed by atoms with Gasteiger partial charge in [-0.05, 0) is 18.1 Å². The number of hydrogen-bond acceptors (Lipinski definition) is 4. The Bertz CT molecular complexity index is 429. The van der Waals surface area contributed by atoms with E-state index in [4.69, 9.17) is 5.11 Å². The Morgan fingerprint density at radius 1 is 1.56 bits per heavy atom. The number of carboxylic acids is 1. The number of nitro groups is 1. The molecular weight excluding hydrogens is 214 g/mol. The van der Waals surface area contributed by atoms with Gasteiger partial charge >= 0.3 is 5.97 Å². The second kappa shape index (κ2) is 4.71. The van der Waals surface area contributed by atoms with Gasteiger partial charge in [-0.15, -0.1) is 0 Å². The Kier molecular flexibility index (Phi) is 3.57. The molecule has 0 saturated heterocycles. The minimum atomic E-state index is -1.22. The average Bonchev–Trinajstić information content (AvgIpc) is 2.16. The second-order valence-electron chi connectivity index (χ2n) is 3.41. The van der Waals surface area contributed by atoms with Gasteiger partial charge in [0.15, 0.2) is 0 Å². The van der Waals surface area contributed by atoms with Crippen LogP contribution in [0.3, 0.4) is 0 Å². The van der Waals surface area contributed by atoms with Crippen molar-refractivity contribution in [2.24, 2.45) is 0 Å². The van der Waals surface area contributed by atoms with Crippen molar-refractivity contribution in [2.45, 2.75) is 19.4 Å². The molecule has 1 atom stereocenters. The number of nitrogens with zero attached hydrogens (tertiary/aromatic N) is 1. The van der Waals surface area contributed by atoms with Crippen molar-refractivity contribution in [1.29, 1.82) is 0 Å². The molecule has 0 saturated carbocycles. The third-order valence-corrected chi connectivity index (χ3v) is 2.20. The highest BCUT2D eigenvalue weighted by atomic mass is 16.6. The molecule has 0 fully saturated rings. The predicted molar refractivity (Wildman–Crippen MR) is 55.0 cm³/mol. The van der Waals surface area contributed by atoms with Crippen LogP contribution in [0.1, 0.15) is 23.7 Å². The summed E-state index contributed by atoms with van der Waals surface area (Å²) in [7, 11) is 0. The highest BCUT2D eigenvalue weighted by Gasteiger charge is 2.17. The van der Waals surface area contributed by atoms with Crippen LogP contribution in [0, 0.1) is 17.0 Å². The number of aryl methyl sites for hydroxylation is 1. The first-order valence-corrected chi connectivity index (χ1v) is 4.56. The Labute approximate surface area is 91.3 Å². The van der Waals surface area contributed by atoms with Crippen LogP contribution in [-0.4, -0.2) is 21.1 Å². The normalized spacial score (nSPS) is 12.1. The lowest BCUT2D eigenvalue weighted by Crippen LogP contribution is -2.07. The van der Waals surface area contributed by atoms with Crippen molar-refractivity contribution >= 4 is 11.7 Å². The summed E-state index contributed by atoms with van der Waals surface area (Å²) in [6.45, 7) is 1.66. The van der Waals surface area contributed by atoms with Crippen LogP contribution in [0.15, 0.2) is 18.2 Å². The minimum absolute atomic E-state index is 0.162. The number of aliphatic hydroxyl groups is 1. The van der Waals surface area contributed by atoms with E-state index in [-0.39, 0.29) is 11.3 Å². The van der Waals surface area contributed by atoms with Gasteiger partial charge in [0.2, 0.25) is 0 Å². The van der Waals surface area contributed by atoms with Gasteiger partial charge < -0.3 is 10.2 Å². The van der Waals surface area contributed by atoms with E-state index in [9.17, 15) is 20.0 Å². The third-order valence-electron chi connectivity index (χ3n) is 2.20. The summed E-state index contributed by atoms with van der Waals surface area (Å²) in [6.07, 6.45) is -1.69. The van der Waals surface area contributed by atoms with E-state index in [1.807, 2.05) is 0 Å². The van der Waals surface area contributed by atoms with Gasteiger partial charge in [-0.1, -0.05) is 6.07 Å². The van der Waals surface area contributed by atoms with E-state index >= 15 is 0 Å². The molecule has 0 radical (unpaired) electrons. The summed E-state index contributed by atoms with van der Waals surface area (Å²) >= 11 is 0. The van der Waals surface area contributed by atoms with Gasteiger partial charge in [-0.2, -0.15) is 0 Å². The summed E-state index contributed by atoms with van der Waals surface area (Å²) in [4.78, 5) is 20.3. The van der Waals surface area contributed by atoms with E-state index in [1.165, 1.54) is 18.2 Å². The number of non-ortho nitro benzene ring substituents is 1. The van der Waals surface area contributed by atoms with Gasteiger partial charge in [0.05, 0.1) is 17.4 Å². The highest BCUT2D eigenvalue weighted by molar-refractivity contribution is 5.67. The first-order chi connectivity index (χ1) is 7.41. The van der Waals surface area contributed by atoms with Gasteiger partial charge in [0.25, 0.3) is 5.69 Å². The van der Waals surface area contributed by atoms with Gasteiger partial charge in [0, 0.05) is 12.1 Å². The molecule has 0 aliphatic rings. The van der Waals surface area contributed by atoms with E-state index in [0.29, 0.717) is 5.56 Å². The van der Waals surface area contributed by atoms with Crippen molar-refractivity contribution < 1.29 is 19.9 Å². The van der Waals surface area contributed by atoms with Crippen molar-refractivity contribution in [3.05, 3.63) is 39.4 Å². The smallest absolute Gasteiger partial charge is 0.306 e. The summed E-state index contributed by atoms with van der Waals surface area (Å²) in [6, 6.07) is 3.99. The average molecular weight is 225 g/mol. The molecule has 2 N–H and O–H groups in total. The molecule has 6 nitrogen and oxygen atoms in total. The Morgan fingerprint density at radius 3 is 2.69 bits per heavy atom. The maximum atomic E-state index is 10.5. The van der Waals surface area contributed by atoms with Crippen LogP contribution in [0.4, 0.5) is 5.69 Å². The molecule has 0 aliphatic heterocycles. The van der Waals surface area contributed by atoms with Crippen LogP contribution in [0.5, 0.6) is 0 Å². The fourth-order valence-electron chi connectivity index (χ4n) is 1.38. The van der Waals surface area contributed by atoms with Gasteiger partial charge in [-0.3, -0.25) is 14.9 Å². The van der Waals surface area contributed by atoms with Crippen molar-refractivity contribution in [3.8, 4) is 0 Å². The predicted octanol–water partition coefficient (Wildman–Crippen LogP) is 1.41. The lowest BCUT2D eigenvalue weighted by Gasteiger charge is -2.10. The number of aliphatic hydroxyl groups excluding tert-OH is 1. The third kappa shape index (κ3) is 2.77. The maximum Gasteiger partial charge on any atom is 0.306 e. The molecule has 1 aromatic rings. The molecule has 0 spiro atoms. The Hall–Kier alpha value is -1.95. The maximum absolute atomic E-state index is 10.5. The molecular formula is C10H11NO5. The number of benzene rings is 1. The van der Waals surface area contributed by atoms with Crippen molar-refractivity contribution in [2.75, 3.05) is 0 Å². The number of aliphatic carboxylic acids is 1. The molecule has 0 bridgehead atoms. The first-order valence-electron chi connectivity index (χ1n) is 4.56. The zero-order chi connectivity index (χ0) is 12.3. The summed E-state index contributed by atoms with van der Waals surface area (Å²) < 4.78 is 0. The molecule has 86 valence electrons. The molecule has 16 heavy (non-hydrogen) atoms. The molecule has 0 amide bonds. The van der Waals surface area contributed by atoms with E-state index in [1.54, 1.807) is 6.92 Å². The Morgan fingerprint density at radius 2 is 2.19 bits per heavy atom. The van der Waals surface area contributed by atoms with Gasteiger partial charge in [0.1, 0.15) is 0 Å². The minimum Gasteiger partial charge on any atom is -0.481 e. The topological polar surface area (TPSA) is 101 Å². The van der Waals surface area contributed by atoms with Crippen LogP contribution in [-0.2, 0) is 4.79 Å². The van der Waals surface area contributed by atoms with Crippen LogP contribution < -0.4 is 0 Å². The largest absolute Gasteiger partial charge is 0.481 e.